The number of ether oxygens (including phenoxy) is 1. The molecule has 0 aliphatic carbocycles. The fourth-order valence-electron chi connectivity index (χ4n) is 1.74. The molecule has 1 aromatic carbocycles. The zero-order valence-electron chi connectivity index (χ0n) is 12.8. The van der Waals surface area contributed by atoms with Gasteiger partial charge in [-0.15, -0.1) is 0 Å². The molecule has 3 amide bonds. The Hall–Kier alpha value is -2.41. The van der Waals surface area contributed by atoms with Gasteiger partial charge in [0.2, 0.25) is 17.7 Å². The lowest BCUT2D eigenvalue weighted by molar-refractivity contribution is -0.126. The van der Waals surface area contributed by atoms with Crippen molar-refractivity contribution in [1.29, 1.82) is 0 Å². The Kier molecular flexibility index (Phi) is 7.63. The zero-order valence-corrected chi connectivity index (χ0v) is 12.8. The van der Waals surface area contributed by atoms with Gasteiger partial charge in [0.05, 0.1) is 0 Å². The van der Waals surface area contributed by atoms with E-state index in [1.54, 1.807) is 31.4 Å². The topological polar surface area (TPSA) is 96.5 Å². The van der Waals surface area contributed by atoms with Gasteiger partial charge in [0.1, 0.15) is 6.42 Å². The minimum atomic E-state index is -0.413. The van der Waals surface area contributed by atoms with Crippen LogP contribution in [0.1, 0.15) is 19.8 Å². The van der Waals surface area contributed by atoms with Gasteiger partial charge in [-0.05, 0) is 24.6 Å². The molecule has 0 radical (unpaired) electrons. The first-order valence-electron chi connectivity index (χ1n) is 6.94. The van der Waals surface area contributed by atoms with Crippen LogP contribution in [0.15, 0.2) is 24.3 Å². The van der Waals surface area contributed by atoms with Crippen molar-refractivity contribution in [2.24, 2.45) is 0 Å². The van der Waals surface area contributed by atoms with Crippen molar-refractivity contribution in [2.45, 2.75) is 19.8 Å². The lowest BCUT2D eigenvalue weighted by Gasteiger charge is -2.08. The Labute approximate surface area is 129 Å². The highest BCUT2D eigenvalue weighted by Gasteiger charge is 2.09. The lowest BCUT2D eigenvalue weighted by atomic mass is 10.2. The zero-order chi connectivity index (χ0) is 16.4. The van der Waals surface area contributed by atoms with Crippen LogP contribution in [0.5, 0.6) is 0 Å². The minimum Gasteiger partial charge on any atom is -0.385 e. The van der Waals surface area contributed by atoms with E-state index < -0.39 is 5.91 Å². The average molecular weight is 307 g/mol. The van der Waals surface area contributed by atoms with Crippen molar-refractivity contribution in [2.75, 3.05) is 30.9 Å². The molecule has 1 aromatic rings. The molecule has 0 aliphatic rings. The number of anilines is 2. The first kappa shape index (κ1) is 17.6. The average Bonchev–Trinajstić information content (AvgIpc) is 2.43. The fourth-order valence-corrected chi connectivity index (χ4v) is 1.74. The van der Waals surface area contributed by atoms with Gasteiger partial charge in [0.15, 0.2) is 0 Å². The van der Waals surface area contributed by atoms with Crippen LogP contribution in [0, 0.1) is 0 Å². The maximum Gasteiger partial charge on any atom is 0.233 e. The maximum atomic E-state index is 11.8. The van der Waals surface area contributed by atoms with Crippen LogP contribution in [0.4, 0.5) is 11.4 Å². The minimum absolute atomic E-state index is 0.195. The monoisotopic (exact) mass is 307 g/mol. The third kappa shape index (κ3) is 7.39. The normalized spacial score (nSPS) is 9.91. The number of methoxy groups -OCH3 is 1. The van der Waals surface area contributed by atoms with Crippen LogP contribution in [-0.2, 0) is 19.1 Å². The van der Waals surface area contributed by atoms with Crippen molar-refractivity contribution in [3.8, 4) is 0 Å². The summed E-state index contributed by atoms with van der Waals surface area (Å²) >= 11 is 0. The molecule has 7 heteroatoms. The number of carbonyl (C=O) groups is 3. The third-order valence-corrected chi connectivity index (χ3v) is 2.64. The number of hydrogen-bond acceptors (Lipinski definition) is 4. The molecule has 0 fully saturated rings. The van der Waals surface area contributed by atoms with Gasteiger partial charge >= 0.3 is 0 Å². The Morgan fingerprint density at radius 1 is 1.09 bits per heavy atom. The summed E-state index contributed by atoms with van der Waals surface area (Å²) in [4.78, 5) is 34.3. The van der Waals surface area contributed by atoms with Crippen LogP contribution >= 0.6 is 0 Å². The molecule has 7 nitrogen and oxygen atoms in total. The molecule has 0 aliphatic heterocycles. The number of rotatable bonds is 8. The van der Waals surface area contributed by atoms with Crippen LogP contribution in [0.3, 0.4) is 0 Å². The summed E-state index contributed by atoms with van der Waals surface area (Å²) in [5.41, 5.74) is 1.10. The summed E-state index contributed by atoms with van der Waals surface area (Å²) in [7, 11) is 1.59. The number of hydrogen-bond donors (Lipinski definition) is 3. The van der Waals surface area contributed by atoms with Crippen LogP contribution in [0.25, 0.3) is 0 Å². The van der Waals surface area contributed by atoms with Crippen molar-refractivity contribution in [3.63, 3.8) is 0 Å². The first-order valence-corrected chi connectivity index (χ1v) is 6.94. The summed E-state index contributed by atoms with van der Waals surface area (Å²) in [5, 5.41) is 7.86. The summed E-state index contributed by atoms with van der Waals surface area (Å²) in [5.74, 6) is -0.949. The van der Waals surface area contributed by atoms with Crippen LogP contribution in [-0.4, -0.2) is 38.0 Å². The molecule has 0 bridgehead atoms. The maximum absolute atomic E-state index is 11.8. The highest BCUT2D eigenvalue weighted by Crippen LogP contribution is 2.15. The molecule has 0 saturated heterocycles. The standard InChI is InChI=1S/C15H21N3O4/c1-11(19)17-12-5-3-6-13(9-12)18-15(21)10-14(20)16-7-4-8-22-2/h3,5-6,9H,4,7-8,10H2,1-2H3,(H,16,20)(H,17,19)(H,18,21). The Bertz CT molecular complexity index is 531. The van der Waals surface area contributed by atoms with Gasteiger partial charge in [-0.2, -0.15) is 0 Å². The molecule has 0 saturated carbocycles. The number of amides is 3. The van der Waals surface area contributed by atoms with Crippen LogP contribution in [0.2, 0.25) is 0 Å². The van der Waals surface area contributed by atoms with Crippen molar-refractivity contribution in [3.05, 3.63) is 24.3 Å². The van der Waals surface area contributed by atoms with Gasteiger partial charge in [-0.3, -0.25) is 14.4 Å². The number of benzene rings is 1. The first-order chi connectivity index (χ1) is 10.5. The van der Waals surface area contributed by atoms with E-state index in [-0.39, 0.29) is 18.2 Å². The van der Waals surface area contributed by atoms with E-state index >= 15 is 0 Å². The molecule has 22 heavy (non-hydrogen) atoms. The molecule has 0 aromatic heterocycles. The summed E-state index contributed by atoms with van der Waals surface area (Å²) in [6, 6.07) is 6.71. The Morgan fingerprint density at radius 3 is 2.41 bits per heavy atom. The summed E-state index contributed by atoms with van der Waals surface area (Å²) < 4.78 is 4.86. The molecule has 120 valence electrons. The van der Waals surface area contributed by atoms with E-state index in [9.17, 15) is 14.4 Å². The predicted octanol–water partition coefficient (Wildman–Crippen LogP) is 1.13. The van der Waals surface area contributed by atoms with E-state index in [0.29, 0.717) is 30.9 Å². The predicted molar refractivity (Wildman–Crippen MR) is 83.5 cm³/mol. The fraction of sp³-hybridized carbons (Fsp3) is 0.400. The van der Waals surface area contributed by atoms with E-state index in [0.717, 1.165) is 0 Å². The van der Waals surface area contributed by atoms with Gasteiger partial charge in [0.25, 0.3) is 0 Å². The van der Waals surface area contributed by atoms with Gasteiger partial charge in [0, 0.05) is 38.6 Å². The second-order valence-corrected chi connectivity index (χ2v) is 4.68. The van der Waals surface area contributed by atoms with E-state index in [1.165, 1.54) is 6.92 Å². The van der Waals surface area contributed by atoms with E-state index in [2.05, 4.69) is 16.0 Å². The molecule has 1 rings (SSSR count). The highest BCUT2D eigenvalue weighted by atomic mass is 16.5. The van der Waals surface area contributed by atoms with Crippen molar-refractivity contribution >= 4 is 29.1 Å². The Balaban J connectivity index is 2.41. The quantitative estimate of drug-likeness (QED) is 0.495. The molecular weight excluding hydrogens is 286 g/mol. The van der Waals surface area contributed by atoms with E-state index in [4.69, 9.17) is 4.74 Å². The summed E-state index contributed by atoms with van der Waals surface area (Å²) in [6.45, 7) is 2.43. The smallest absolute Gasteiger partial charge is 0.233 e. The molecule has 0 unspecified atom stereocenters. The SMILES string of the molecule is COCCCNC(=O)CC(=O)Nc1cccc(NC(C)=O)c1. The second-order valence-electron chi connectivity index (χ2n) is 4.68. The lowest BCUT2D eigenvalue weighted by Crippen LogP contribution is -2.29. The van der Waals surface area contributed by atoms with E-state index in [1.807, 2.05) is 0 Å². The van der Waals surface area contributed by atoms with Gasteiger partial charge in [-0.1, -0.05) is 6.07 Å². The molecule has 3 N–H and O–H groups in total. The number of carbonyl (C=O) groups excluding carboxylic acids is 3. The van der Waals surface area contributed by atoms with Crippen molar-refractivity contribution in [1.82, 2.24) is 5.32 Å². The third-order valence-electron chi connectivity index (χ3n) is 2.64. The second kappa shape index (κ2) is 9.51. The molecule has 0 heterocycles. The summed E-state index contributed by atoms with van der Waals surface area (Å²) in [6.07, 6.45) is 0.444. The molecular formula is C15H21N3O4. The van der Waals surface area contributed by atoms with Gasteiger partial charge in [-0.25, -0.2) is 0 Å². The van der Waals surface area contributed by atoms with Crippen molar-refractivity contribution < 1.29 is 19.1 Å². The molecule has 0 atom stereocenters. The largest absolute Gasteiger partial charge is 0.385 e. The highest BCUT2D eigenvalue weighted by molar-refractivity contribution is 6.03. The van der Waals surface area contributed by atoms with Gasteiger partial charge < -0.3 is 20.7 Å². The number of nitrogens with one attached hydrogen (secondary N) is 3. The Morgan fingerprint density at radius 2 is 1.77 bits per heavy atom. The van der Waals surface area contributed by atoms with Crippen LogP contribution < -0.4 is 16.0 Å². The molecule has 0 spiro atoms.